The van der Waals surface area contributed by atoms with Crippen molar-refractivity contribution in [3.8, 4) is 11.4 Å². The molecule has 41 heavy (non-hydrogen) atoms. The molecule has 10 heteroatoms. The van der Waals surface area contributed by atoms with Crippen LogP contribution < -0.4 is 10.9 Å². The van der Waals surface area contributed by atoms with Gasteiger partial charge in [0.05, 0.1) is 23.7 Å². The van der Waals surface area contributed by atoms with E-state index < -0.39 is 18.1 Å². The fraction of sp³-hybridized carbons (Fsp3) is 0.548. The van der Waals surface area contributed by atoms with Gasteiger partial charge in [-0.1, -0.05) is 19.9 Å². The first-order chi connectivity index (χ1) is 19.4. The number of pyridine rings is 1. The topological polar surface area (TPSA) is 119 Å². The molecule has 1 aliphatic heterocycles. The molecular formula is C31H43N5O5. The molecule has 2 aromatic heterocycles. The Balaban J connectivity index is 1.68. The molecule has 2 N–H and O–H groups in total. The molecule has 0 aliphatic carbocycles. The molecule has 1 aromatic carbocycles. The van der Waals surface area contributed by atoms with Crippen LogP contribution in [0.15, 0.2) is 35.3 Å². The number of hydrogen-bond acceptors (Lipinski definition) is 7. The van der Waals surface area contributed by atoms with E-state index in [2.05, 4.69) is 16.0 Å². The number of carbonyl (C=O) groups excluding carboxylic acids is 2. The van der Waals surface area contributed by atoms with Gasteiger partial charge in [-0.05, 0) is 62.3 Å². The summed E-state index contributed by atoms with van der Waals surface area (Å²) in [6, 6.07) is 6.99. The van der Waals surface area contributed by atoms with E-state index in [1.165, 1.54) is 0 Å². The number of amides is 1. The first kappa shape index (κ1) is 30.5. The first-order valence-corrected chi connectivity index (χ1v) is 14.4. The molecule has 0 radical (unpaired) electrons. The number of aliphatic hydroxyl groups is 1. The molecule has 1 amide bonds. The zero-order valence-corrected chi connectivity index (χ0v) is 25.0. The van der Waals surface area contributed by atoms with Crippen LogP contribution in [0.5, 0.6) is 0 Å². The van der Waals surface area contributed by atoms with Gasteiger partial charge in [0, 0.05) is 57.5 Å². The van der Waals surface area contributed by atoms with Crippen LogP contribution >= 0.6 is 0 Å². The van der Waals surface area contributed by atoms with E-state index >= 15 is 0 Å². The zero-order chi connectivity index (χ0) is 29.8. The Bertz CT molecular complexity index is 1430. The molecule has 3 heterocycles. The van der Waals surface area contributed by atoms with Gasteiger partial charge < -0.3 is 23.9 Å². The number of esters is 1. The van der Waals surface area contributed by atoms with Crippen LogP contribution in [0.25, 0.3) is 22.4 Å². The number of hydrogen-bond donors (Lipinski definition) is 2. The predicted octanol–water partition coefficient (Wildman–Crippen LogP) is 3.01. The van der Waals surface area contributed by atoms with Crippen molar-refractivity contribution in [1.82, 2.24) is 24.3 Å². The maximum atomic E-state index is 12.6. The summed E-state index contributed by atoms with van der Waals surface area (Å²) in [5.74, 6) is 0.844. The predicted molar refractivity (Wildman–Crippen MR) is 158 cm³/mol. The Labute approximate surface area is 241 Å². The summed E-state index contributed by atoms with van der Waals surface area (Å²) < 4.78 is 9.14. The van der Waals surface area contributed by atoms with Gasteiger partial charge in [0.25, 0.3) is 5.56 Å². The fourth-order valence-electron chi connectivity index (χ4n) is 5.46. The largest absolute Gasteiger partial charge is 0.464 e. The highest BCUT2D eigenvalue weighted by Gasteiger charge is 2.26. The van der Waals surface area contributed by atoms with E-state index in [0.29, 0.717) is 31.8 Å². The molecular weight excluding hydrogens is 522 g/mol. The molecule has 10 nitrogen and oxygen atoms in total. The normalized spacial score (nSPS) is 17.2. The van der Waals surface area contributed by atoms with Crippen molar-refractivity contribution in [3.05, 3.63) is 51.9 Å². The molecule has 1 fully saturated rings. The van der Waals surface area contributed by atoms with E-state index in [-0.39, 0.29) is 23.3 Å². The Morgan fingerprint density at radius 1 is 1.22 bits per heavy atom. The highest BCUT2D eigenvalue weighted by atomic mass is 16.5. The number of ether oxygens (including phenoxy) is 1. The lowest BCUT2D eigenvalue weighted by Gasteiger charge is -2.32. The van der Waals surface area contributed by atoms with Gasteiger partial charge in [0.15, 0.2) is 0 Å². The Kier molecular flexibility index (Phi) is 9.65. The monoisotopic (exact) mass is 565 g/mol. The van der Waals surface area contributed by atoms with E-state index in [0.717, 1.165) is 47.4 Å². The van der Waals surface area contributed by atoms with Gasteiger partial charge in [-0.2, -0.15) is 0 Å². The SMILES string of the molecule is CC(=O)N1CCC[C@@H](Cn2c(-c3cc(C)c(=O)n(C)c3)nc3ccc(CN[C@H](C(=O)OCC(C)C)[C@@H](C)O)cc32)C1. The fourth-order valence-corrected chi connectivity index (χ4v) is 5.46. The zero-order valence-electron chi connectivity index (χ0n) is 25.0. The summed E-state index contributed by atoms with van der Waals surface area (Å²) in [6.07, 6.45) is 2.85. The Morgan fingerprint density at radius 3 is 2.63 bits per heavy atom. The second-order valence-corrected chi connectivity index (χ2v) is 11.8. The second kappa shape index (κ2) is 13.0. The minimum Gasteiger partial charge on any atom is -0.464 e. The van der Waals surface area contributed by atoms with Gasteiger partial charge in [-0.25, -0.2) is 4.98 Å². The number of benzene rings is 1. The number of fused-ring (bicyclic) bond motifs is 1. The number of aliphatic hydroxyl groups excluding tert-OH is 1. The lowest BCUT2D eigenvalue weighted by atomic mass is 9.97. The molecule has 3 aromatic rings. The lowest BCUT2D eigenvalue weighted by Crippen LogP contribution is -2.45. The van der Waals surface area contributed by atoms with Gasteiger partial charge in [0.1, 0.15) is 11.9 Å². The standard InChI is InChI=1S/C31H43N5O5/c1-19(2)18-41-31(40)28(21(4)37)32-14-23-9-10-26-27(13-23)36(16-24-8-7-11-35(15-24)22(5)38)29(33-26)25-12-20(3)30(39)34(6)17-25/h9-10,12-13,17,19,21,24,28,32,37H,7-8,11,14-16,18H2,1-6H3/t21-,24-,28+/m1/s1. The van der Waals surface area contributed by atoms with Gasteiger partial charge in [0.2, 0.25) is 5.91 Å². The average Bonchev–Trinajstić information content (AvgIpc) is 3.27. The summed E-state index contributed by atoms with van der Waals surface area (Å²) in [7, 11) is 1.74. The number of rotatable bonds is 10. The van der Waals surface area contributed by atoms with E-state index in [4.69, 9.17) is 9.72 Å². The van der Waals surface area contributed by atoms with Gasteiger partial charge in [-0.3, -0.25) is 19.7 Å². The first-order valence-electron chi connectivity index (χ1n) is 14.4. The highest BCUT2D eigenvalue weighted by Crippen LogP contribution is 2.29. The third kappa shape index (κ3) is 7.23. The molecule has 0 saturated carbocycles. The summed E-state index contributed by atoms with van der Waals surface area (Å²) in [5.41, 5.74) is 4.12. The third-order valence-corrected chi connectivity index (χ3v) is 7.66. The van der Waals surface area contributed by atoms with Crippen molar-refractivity contribution < 1.29 is 19.4 Å². The molecule has 0 unspecified atom stereocenters. The van der Waals surface area contributed by atoms with Crippen LogP contribution in [-0.4, -0.2) is 67.8 Å². The highest BCUT2D eigenvalue weighted by molar-refractivity contribution is 5.81. The number of aromatic nitrogens is 3. The smallest absolute Gasteiger partial charge is 0.325 e. The van der Waals surface area contributed by atoms with E-state index in [1.807, 2.05) is 43.1 Å². The Morgan fingerprint density at radius 2 is 1.98 bits per heavy atom. The second-order valence-electron chi connectivity index (χ2n) is 11.8. The average molecular weight is 566 g/mol. The molecule has 0 bridgehead atoms. The molecule has 1 aliphatic rings. The third-order valence-electron chi connectivity index (χ3n) is 7.66. The molecule has 0 spiro atoms. The number of piperidine rings is 1. The maximum absolute atomic E-state index is 12.6. The van der Waals surface area contributed by atoms with Crippen molar-refractivity contribution >= 4 is 22.9 Å². The summed E-state index contributed by atoms with van der Waals surface area (Å²) in [4.78, 5) is 44.0. The van der Waals surface area contributed by atoms with Gasteiger partial charge in [-0.15, -0.1) is 0 Å². The summed E-state index contributed by atoms with van der Waals surface area (Å²) >= 11 is 0. The summed E-state index contributed by atoms with van der Waals surface area (Å²) in [6.45, 7) is 11.7. The van der Waals surface area contributed by atoms with Crippen LogP contribution in [0.4, 0.5) is 0 Å². The van der Waals surface area contributed by atoms with Crippen LogP contribution in [0, 0.1) is 18.8 Å². The van der Waals surface area contributed by atoms with Crippen molar-refractivity contribution in [2.75, 3.05) is 19.7 Å². The molecule has 222 valence electrons. The van der Waals surface area contributed by atoms with Crippen LogP contribution in [0.2, 0.25) is 0 Å². The van der Waals surface area contributed by atoms with Crippen LogP contribution in [-0.2, 0) is 34.5 Å². The Hall–Kier alpha value is -3.50. The van der Waals surface area contributed by atoms with Crippen LogP contribution in [0.1, 0.15) is 51.7 Å². The number of nitrogens with one attached hydrogen (secondary N) is 1. The van der Waals surface area contributed by atoms with Crippen molar-refractivity contribution in [1.29, 1.82) is 0 Å². The lowest BCUT2D eigenvalue weighted by molar-refractivity contribution is -0.150. The minimum atomic E-state index is -0.918. The molecule has 3 atom stereocenters. The van der Waals surface area contributed by atoms with Crippen molar-refractivity contribution in [3.63, 3.8) is 0 Å². The van der Waals surface area contributed by atoms with Gasteiger partial charge >= 0.3 is 5.97 Å². The van der Waals surface area contributed by atoms with E-state index in [1.54, 1.807) is 32.4 Å². The number of likely N-dealkylation sites (tertiary alicyclic amines) is 1. The number of imidazole rings is 1. The number of carbonyl (C=O) groups is 2. The van der Waals surface area contributed by atoms with Crippen molar-refractivity contribution in [2.45, 2.75) is 72.7 Å². The molecule has 1 saturated heterocycles. The minimum absolute atomic E-state index is 0.0475. The maximum Gasteiger partial charge on any atom is 0.325 e. The summed E-state index contributed by atoms with van der Waals surface area (Å²) in [5, 5.41) is 13.4. The van der Waals surface area contributed by atoms with Crippen LogP contribution in [0.3, 0.4) is 0 Å². The quantitative estimate of drug-likeness (QED) is 0.363. The molecule has 4 rings (SSSR count). The van der Waals surface area contributed by atoms with Crippen molar-refractivity contribution in [2.24, 2.45) is 18.9 Å². The number of aryl methyl sites for hydroxylation is 2. The number of nitrogens with zero attached hydrogens (tertiary/aromatic N) is 4. The van der Waals surface area contributed by atoms with E-state index in [9.17, 15) is 19.5 Å².